The number of alkyl halides is 1. The molecule has 1 aliphatic rings. The van der Waals surface area contributed by atoms with E-state index in [1.54, 1.807) is 32.0 Å². The molecule has 1 aromatic rings. The number of hydrogen-bond donors (Lipinski definition) is 1. The number of ether oxygens (including phenoxy) is 6. The highest BCUT2D eigenvalue weighted by molar-refractivity contribution is 7.52. The van der Waals surface area contributed by atoms with Gasteiger partial charge in [-0.2, -0.15) is 5.09 Å². The van der Waals surface area contributed by atoms with Gasteiger partial charge in [0, 0.05) is 27.9 Å². The van der Waals surface area contributed by atoms with E-state index in [4.69, 9.17) is 37.5 Å². The number of hydrogen-bond acceptors (Lipinski definition) is 13. The first-order valence-electron chi connectivity index (χ1n) is 13.0. The van der Waals surface area contributed by atoms with Gasteiger partial charge in [0.05, 0.1) is 12.7 Å². The molecule has 8 atom stereocenters. The Morgan fingerprint density at radius 3 is 2.00 bits per heavy atom. The number of halogens is 1. The molecular formula is C26H37FNO13P. The molecule has 1 aliphatic heterocycles. The molecule has 1 fully saturated rings. The van der Waals surface area contributed by atoms with Crippen LogP contribution in [0.5, 0.6) is 5.75 Å². The van der Waals surface area contributed by atoms with Crippen molar-refractivity contribution in [2.75, 3.05) is 13.7 Å². The molecule has 14 nitrogen and oxygen atoms in total. The number of methoxy groups -OCH3 is 1. The van der Waals surface area contributed by atoms with E-state index in [0.29, 0.717) is 0 Å². The second kappa shape index (κ2) is 15.9. The zero-order valence-corrected chi connectivity index (χ0v) is 25.2. The second-order valence-electron chi connectivity index (χ2n) is 9.51. The Balaban J connectivity index is 2.60. The minimum absolute atomic E-state index is 0.0335. The summed E-state index contributed by atoms with van der Waals surface area (Å²) in [4.78, 5) is 48.7. The van der Waals surface area contributed by atoms with Crippen LogP contribution in [0, 0.1) is 0 Å². The van der Waals surface area contributed by atoms with Crippen LogP contribution < -0.4 is 9.61 Å². The van der Waals surface area contributed by atoms with Gasteiger partial charge in [0.25, 0.3) is 0 Å². The maximum absolute atomic E-state index is 15.4. The van der Waals surface area contributed by atoms with E-state index in [0.717, 1.165) is 20.8 Å². The van der Waals surface area contributed by atoms with Crippen LogP contribution in [-0.2, 0) is 56.7 Å². The number of carbonyl (C=O) groups is 4. The molecule has 236 valence electrons. The summed E-state index contributed by atoms with van der Waals surface area (Å²) >= 11 is 0. The molecule has 0 aromatic heterocycles. The first kappa shape index (κ1) is 35.1. The number of esters is 4. The molecule has 1 N–H and O–H groups in total. The highest BCUT2D eigenvalue weighted by atomic mass is 31.2. The van der Waals surface area contributed by atoms with Gasteiger partial charge < -0.3 is 32.9 Å². The van der Waals surface area contributed by atoms with E-state index < -0.39 is 87.3 Å². The third-order valence-electron chi connectivity index (χ3n) is 5.39. The molecule has 0 aliphatic carbocycles. The lowest BCUT2D eigenvalue weighted by Gasteiger charge is -2.45. The predicted octanol–water partition coefficient (Wildman–Crippen LogP) is 2.62. The van der Waals surface area contributed by atoms with Crippen LogP contribution in [-0.4, -0.2) is 86.6 Å². The van der Waals surface area contributed by atoms with Gasteiger partial charge in [-0.15, -0.1) is 0 Å². The molecule has 1 saturated heterocycles. The van der Waals surface area contributed by atoms with Crippen molar-refractivity contribution >= 4 is 31.6 Å². The average Bonchev–Trinajstić information content (AvgIpc) is 2.86. The molecule has 42 heavy (non-hydrogen) atoms. The van der Waals surface area contributed by atoms with Crippen LogP contribution in [0.2, 0.25) is 0 Å². The fourth-order valence-corrected chi connectivity index (χ4v) is 5.47. The Morgan fingerprint density at radius 2 is 1.48 bits per heavy atom. The van der Waals surface area contributed by atoms with Gasteiger partial charge >= 0.3 is 31.6 Å². The van der Waals surface area contributed by atoms with Gasteiger partial charge in [0.1, 0.15) is 17.9 Å². The largest absolute Gasteiger partial charge is 0.462 e. The summed E-state index contributed by atoms with van der Waals surface area (Å²) in [5, 5.41) is 2.44. The number of benzene rings is 1. The molecule has 1 heterocycles. The Bertz CT molecular complexity index is 1120. The van der Waals surface area contributed by atoms with Crippen LogP contribution in [0.4, 0.5) is 4.39 Å². The SMILES string of the molecule is COC[C@H](F)C1O[C@@H](OP(=O)(N[C@@H](C)C(=O)OC(C)C)Oc2ccccc2)C(OC(C)=O)C(OC(C)=O)[C@@H]1OC(C)=O. The minimum atomic E-state index is -4.69. The Labute approximate surface area is 243 Å². The van der Waals surface area contributed by atoms with E-state index in [2.05, 4.69) is 5.09 Å². The van der Waals surface area contributed by atoms with E-state index in [-0.39, 0.29) is 5.75 Å². The molecule has 2 rings (SSSR count). The lowest BCUT2D eigenvalue weighted by Crippen LogP contribution is -2.64. The lowest BCUT2D eigenvalue weighted by atomic mass is 9.95. The van der Waals surface area contributed by atoms with Gasteiger partial charge in [-0.05, 0) is 32.9 Å². The van der Waals surface area contributed by atoms with Gasteiger partial charge in [0.15, 0.2) is 24.5 Å². The van der Waals surface area contributed by atoms with Crippen molar-refractivity contribution in [2.24, 2.45) is 0 Å². The van der Waals surface area contributed by atoms with Crippen molar-refractivity contribution in [1.29, 1.82) is 0 Å². The van der Waals surface area contributed by atoms with E-state index in [1.807, 2.05) is 0 Å². The Hall–Kier alpha value is -3.10. The monoisotopic (exact) mass is 621 g/mol. The number of nitrogens with one attached hydrogen (secondary N) is 1. The molecule has 1 aromatic carbocycles. The molecule has 16 heteroatoms. The maximum atomic E-state index is 15.4. The molecular weight excluding hydrogens is 584 g/mol. The zero-order valence-electron chi connectivity index (χ0n) is 24.3. The van der Waals surface area contributed by atoms with Crippen LogP contribution >= 0.6 is 7.75 Å². The van der Waals surface area contributed by atoms with E-state index >= 15 is 4.39 Å². The number of para-hydroxylation sites is 1. The average molecular weight is 622 g/mol. The van der Waals surface area contributed by atoms with Gasteiger partial charge in [-0.3, -0.25) is 23.7 Å². The summed E-state index contributed by atoms with van der Waals surface area (Å²) < 4.78 is 72.5. The summed E-state index contributed by atoms with van der Waals surface area (Å²) in [5.74, 6) is -3.51. The summed E-state index contributed by atoms with van der Waals surface area (Å²) in [7, 11) is -3.49. The van der Waals surface area contributed by atoms with Crippen molar-refractivity contribution in [3.63, 3.8) is 0 Å². The van der Waals surface area contributed by atoms with Gasteiger partial charge in [-0.1, -0.05) is 18.2 Å². The summed E-state index contributed by atoms with van der Waals surface area (Å²) in [6, 6.07) is 6.42. The third-order valence-corrected chi connectivity index (χ3v) is 7.03. The molecule has 0 radical (unpaired) electrons. The predicted molar refractivity (Wildman–Crippen MR) is 142 cm³/mol. The first-order valence-corrected chi connectivity index (χ1v) is 14.5. The second-order valence-corrected chi connectivity index (χ2v) is 11.2. The molecule has 0 amide bonds. The Morgan fingerprint density at radius 1 is 0.929 bits per heavy atom. The maximum Gasteiger partial charge on any atom is 0.461 e. The molecule has 4 unspecified atom stereocenters. The fraction of sp³-hybridized carbons (Fsp3) is 0.615. The smallest absolute Gasteiger partial charge is 0.461 e. The topological polar surface area (TPSA) is 171 Å². The van der Waals surface area contributed by atoms with Gasteiger partial charge in [-0.25, -0.2) is 8.96 Å². The molecule has 0 spiro atoms. The van der Waals surface area contributed by atoms with Crippen molar-refractivity contribution in [3.05, 3.63) is 30.3 Å². The van der Waals surface area contributed by atoms with Crippen molar-refractivity contribution < 1.29 is 65.6 Å². The number of rotatable bonds is 14. The van der Waals surface area contributed by atoms with Crippen LogP contribution in [0.1, 0.15) is 41.5 Å². The van der Waals surface area contributed by atoms with Crippen molar-refractivity contribution in [1.82, 2.24) is 5.09 Å². The summed E-state index contributed by atoms with van der Waals surface area (Å²) in [5.41, 5.74) is 0. The highest BCUT2D eigenvalue weighted by Crippen LogP contribution is 2.48. The molecule has 0 saturated carbocycles. The van der Waals surface area contributed by atoms with Crippen molar-refractivity contribution in [3.8, 4) is 5.75 Å². The minimum Gasteiger partial charge on any atom is -0.462 e. The van der Waals surface area contributed by atoms with Crippen LogP contribution in [0.15, 0.2) is 30.3 Å². The molecule has 0 bridgehead atoms. The summed E-state index contributed by atoms with van der Waals surface area (Å²) in [6.07, 6.45) is -11.3. The third kappa shape index (κ3) is 10.6. The lowest BCUT2D eigenvalue weighted by molar-refractivity contribution is -0.295. The summed E-state index contributed by atoms with van der Waals surface area (Å²) in [6.45, 7) is 7.06. The Kier molecular flexibility index (Phi) is 13.3. The van der Waals surface area contributed by atoms with E-state index in [9.17, 15) is 23.7 Å². The normalized spacial score (nSPS) is 24.9. The quantitative estimate of drug-likeness (QED) is 0.183. The van der Waals surface area contributed by atoms with Crippen LogP contribution in [0.25, 0.3) is 0 Å². The first-order chi connectivity index (χ1) is 19.7. The van der Waals surface area contributed by atoms with E-state index in [1.165, 1.54) is 26.2 Å². The van der Waals surface area contributed by atoms with Crippen molar-refractivity contribution in [2.45, 2.75) is 90.6 Å². The zero-order chi connectivity index (χ0) is 31.6. The fourth-order valence-electron chi connectivity index (χ4n) is 3.89. The number of carbonyl (C=O) groups excluding carboxylic acids is 4. The van der Waals surface area contributed by atoms with Crippen LogP contribution in [0.3, 0.4) is 0 Å². The van der Waals surface area contributed by atoms with Gasteiger partial charge in [0.2, 0.25) is 6.29 Å². The standard InChI is InChI=1S/C26H37FNO13P/c1-14(2)35-25(32)15(3)28-42(33,40-19-11-9-8-10-12-19)41-26-24(38-18(6)31)23(37-17(5)30)22(36-16(4)29)21(39-26)20(27)13-34-7/h8-12,14-15,20-24,26H,13H2,1-7H3,(H,28,33)/t15-,20-,21?,22+,23?,24?,26-,42?/m0/s1. The highest BCUT2D eigenvalue weighted by Gasteiger charge is 2.56.